The number of hydrogen-bond donors (Lipinski definition) is 0. The first-order valence-electron chi connectivity index (χ1n) is 6.02. The van der Waals surface area contributed by atoms with Crippen molar-refractivity contribution in [3.63, 3.8) is 0 Å². The van der Waals surface area contributed by atoms with Crippen LogP contribution in [0.4, 0.5) is 0 Å². The molecule has 0 spiro atoms. The van der Waals surface area contributed by atoms with Crippen LogP contribution in [0.3, 0.4) is 0 Å². The van der Waals surface area contributed by atoms with Gasteiger partial charge < -0.3 is 9.69 Å². The molecule has 0 aliphatic carbocycles. The predicted octanol–water partition coefficient (Wildman–Crippen LogP) is 1.59. The molecule has 16 heavy (non-hydrogen) atoms. The maximum Gasteiger partial charge on any atom is 0.120 e. The lowest BCUT2D eigenvalue weighted by molar-refractivity contribution is -0.107. The molecule has 0 amide bonds. The van der Waals surface area contributed by atoms with Gasteiger partial charge in [-0.1, -0.05) is 19.3 Å². The highest BCUT2D eigenvalue weighted by Crippen LogP contribution is 1.91. The van der Waals surface area contributed by atoms with Crippen LogP contribution in [0.2, 0.25) is 0 Å². The molecule has 0 bridgehead atoms. The van der Waals surface area contributed by atoms with Crippen LogP contribution in [0.25, 0.3) is 0 Å². The van der Waals surface area contributed by atoms with Crippen molar-refractivity contribution < 1.29 is 4.79 Å². The Kier molecular flexibility index (Phi) is 9.84. The minimum Gasteiger partial charge on any atom is -0.336 e. The Morgan fingerprint density at radius 2 is 1.94 bits per heavy atom. The van der Waals surface area contributed by atoms with Gasteiger partial charge in [0.05, 0.1) is 6.54 Å². The molecule has 0 radical (unpaired) electrons. The smallest absolute Gasteiger partial charge is 0.120 e. The number of carbonyl (C=O) groups excluding carboxylic acids is 1. The van der Waals surface area contributed by atoms with Crippen LogP contribution in [0.5, 0.6) is 0 Å². The Labute approximate surface area is 99.8 Å². The largest absolute Gasteiger partial charge is 0.336 e. The molecular weight excluding hydrogens is 200 g/mol. The Bertz CT molecular complexity index is 230. The zero-order chi connectivity index (χ0) is 12.2. The van der Waals surface area contributed by atoms with E-state index in [-0.39, 0.29) is 0 Å². The predicted molar refractivity (Wildman–Crippen MR) is 68.1 cm³/mol. The van der Waals surface area contributed by atoms with Gasteiger partial charge in [0.2, 0.25) is 0 Å². The van der Waals surface area contributed by atoms with Crippen molar-refractivity contribution in [3.05, 3.63) is 0 Å². The SMILES string of the molecule is CCCCN(C)C#CCN(C)CCCC=O. The highest BCUT2D eigenvalue weighted by atomic mass is 16.1. The molecule has 3 nitrogen and oxygen atoms in total. The summed E-state index contributed by atoms with van der Waals surface area (Å²) in [7, 11) is 4.06. The van der Waals surface area contributed by atoms with Crippen molar-refractivity contribution in [2.75, 3.05) is 33.7 Å². The maximum absolute atomic E-state index is 10.1. The van der Waals surface area contributed by atoms with E-state index in [0.29, 0.717) is 6.42 Å². The Morgan fingerprint density at radius 1 is 1.19 bits per heavy atom. The average molecular weight is 224 g/mol. The second-order valence-electron chi connectivity index (χ2n) is 4.11. The summed E-state index contributed by atoms with van der Waals surface area (Å²) in [4.78, 5) is 14.3. The van der Waals surface area contributed by atoms with Gasteiger partial charge in [0, 0.05) is 26.1 Å². The van der Waals surface area contributed by atoms with Crippen molar-refractivity contribution in [1.82, 2.24) is 9.80 Å². The monoisotopic (exact) mass is 224 g/mol. The highest BCUT2D eigenvalue weighted by molar-refractivity contribution is 5.48. The summed E-state index contributed by atoms with van der Waals surface area (Å²) in [6, 6.07) is 3.11. The Balaban J connectivity index is 3.60. The van der Waals surface area contributed by atoms with E-state index >= 15 is 0 Å². The molecule has 0 saturated carbocycles. The lowest BCUT2D eigenvalue weighted by Gasteiger charge is -2.12. The van der Waals surface area contributed by atoms with Crippen LogP contribution in [-0.4, -0.2) is 49.8 Å². The van der Waals surface area contributed by atoms with E-state index in [0.717, 1.165) is 32.3 Å². The van der Waals surface area contributed by atoms with E-state index < -0.39 is 0 Å². The highest BCUT2D eigenvalue weighted by Gasteiger charge is 1.94. The number of unbranched alkanes of at least 4 members (excludes halogenated alkanes) is 2. The molecule has 92 valence electrons. The van der Waals surface area contributed by atoms with Gasteiger partial charge in [-0.05, 0) is 26.4 Å². The Morgan fingerprint density at radius 3 is 2.56 bits per heavy atom. The minimum atomic E-state index is 0.647. The molecule has 3 heteroatoms. The minimum absolute atomic E-state index is 0.647. The van der Waals surface area contributed by atoms with Crippen LogP contribution in [-0.2, 0) is 4.79 Å². The van der Waals surface area contributed by atoms with Crippen LogP contribution >= 0.6 is 0 Å². The zero-order valence-corrected chi connectivity index (χ0v) is 10.8. The van der Waals surface area contributed by atoms with E-state index in [1.54, 1.807) is 0 Å². The van der Waals surface area contributed by atoms with Crippen molar-refractivity contribution >= 4 is 6.29 Å². The molecule has 0 rings (SSSR count). The molecule has 0 aliphatic rings. The van der Waals surface area contributed by atoms with E-state index in [9.17, 15) is 4.79 Å². The molecule has 0 aliphatic heterocycles. The lowest BCUT2D eigenvalue weighted by Crippen LogP contribution is -2.20. The number of nitrogens with zero attached hydrogens (tertiary/aromatic N) is 2. The van der Waals surface area contributed by atoms with Gasteiger partial charge in [0.1, 0.15) is 6.29 Å². The third-order valence-electron chi connectivity index (χ3n) is 2.33. The van der Waals surface area contributed by atoms with Gasteiger partial charge in [0.15, 0.2) is 0 Å². The summed E-state index contributed by atoms with van der Waals surface area (Å²) in [5, 5.41) is 0. The van der Waals surface area contributed by atoms with Gasteiger partial charge in [0.25, 0.3) is 0 Å². The fourth-order valence-corrected chi connectivity index (χ4v) is 1.28. The molecule has 0 atom stereocenters. The molecule has 0 unspecified atom stereocenters. The lowest BCUT2D eigenvalue weighted by atomic mass is 10.3. The normalized spacial score (nSPS) is 9.75. The summed E-state index contributed by atoms with van der Waals surface area (Å²) >= 11 is 0. The van der Waals surface area contributed by atoms with Crippen molar-refractivity contribution in [1.29, 1.82) is 0 Å². The van der Waals surface area contributed by atoms with Crippen LogP contribution < -0.4 is 0 Å². The summed E-state index contributed by atoms with van der Waals surface area (Å²) in [6.07, 6.45) is 4.94. The summed E-state index contributed by atoms with van der Waals surface area (Å²) < 4.78 is 0. The van der Waals surface area contributed by atoms with E-state index in [4.69, 9.17) is 0 Å². The summed E-state index contributed by atoms with van der Waals surface area (Å²) in [6.45, 7) is 4.93. The number of aldehydes is 1. The first-order chi connectivity index (χ1) is 7.70. The van der Waals surface area contributed by atoms with Crippen molar-refractivity contribution in [2.24, 2.45) is 0 Å². The van der Waals surface area contributed by atoms with Gasteiger partial charge >= 0.3 is 0 Å². The first-order valence-corrected chi connectivity index (χ1v) is 6.02. The maximum atomic E-state index is 10.1. The average Bonchev–Trinajstić information content (AvgIpc) is 2.26. The summed E-state index contributed by atoms with van der Waals surface area (Å²) in [5.74, 6) is 3.13. The van der Waals surface area contributed by atoms with E-state index in [1.807, 2.05) is 19.0 Å². The van der Waals surface area contributed by atoms with Crippen LogP contribution in [0.15, 0.2) is 0 Å². The zero-order valence-electron chi connectivity index (χ0n) is 10.8. The van der Waals surface area contributed by atoms with Crippen LogP contribution in [0, 0.1) is 12.0 Å². The number of hydrogen-bond acceptors (Lipinski definition) is 3. The molecule has 0 N–H and O–H groups in total. The molecule has 0 aromatic rings. The molecule has 0 fully saturated rings. The molecule has 0 saturated heterocycles. The quantitative estimate of drug-likeness (QED) is 0.271. The first kappa shape index (κ1) is 15.0. The molecular formula is C13H24N2O. The van der Waals surface area contributed by atoms with Gasteiger partial charge in [-0.3, -0.25) is 4.90 Å². The van der Waals surface area contributed by atoms with E-state index in [1.165, 1.54) is 12.8 Å². The van der Waals surface area contributed by atoms with Gasteiger partial charge in [-0.25, -0.2) is 0 Å². The fourth-order valence-electron chi connectivity index (χ4n) is 1.28. The van der Waals surface area contributed by atoms with E-state index in [2.05, 4.69) is 23.8 Å². The topological polar surface area (TPSA) is 23.6 Å². The van der Waals surface area contributed by atoms with Gasteiger partial charge in [-0.15, -0.1) is 0 Å². The van der Waals surface area contributed by atoms with Crippen molar-refractivity contribution in [3.8, 4) is 12.0 Å². The Hall–Kier alpha value is -1.01. The van der Waals surface area contributed by atoms with Crippen LogP contribution in [0.1, 0.15) is 32.6 Å². The van der Waals surface area contributed by atoms with Gasteiger partial charge in [-0.2, -0.15) is 0 Å². The number of rotatable bonds is 8. The van der Waals surface area contributed by atoms with Crippen molar-refractivity contribution in [2.45, 2.75) is 32.6 Å². The standard InChI is InChI=1S/C13H24N2O/c1-4-5-9-14(2)11-8-12-15(3)10-6-7-13-16/h13H,4-7,9-10,12H2,1-3H3. The molecule has 0 aromatic heterocycles. The number of carbonyl (C=O) groups is 1. The molecule has 0 heterocycles. The summed E-state index contributed by atoms with van der Waals surface area (Å²) in [5.41, 5.74) is 0. The second-order valence-corrected chi connectivity index (χ2v) is 4.11. The molecule has 0 aromatic carbocycles. The third-order valence-corrected chi connectivity index (χ3v) is 2.33. The second kappa shape index (κ2) is 10.5. The third kappa shape index (κ3) is 9.54. The fraction of sp³-hybridized carbons (Fsp3) is 0.769.